The Labute approximate surface area is 198 Å². The molecule has 1 aromatic heterocycles. The van der Waals surface area contributed by atoms with Gasteiger partial charge in [0, 0.05) is 31.4 Å². The lowest BCUT2D eigenvalue weighted by Crippen LogP contribution is -2.47. The van der Waals surface area contributed by atoms with Gasteiger partial charge >= 0.3 is 5.97 Å². The van der Waals surface area contributed by atoms with Crippen molar-refractivity contribution in [2.45, 2.75) is 45.3 Å². The highest BCUT2D eigenvalue weighted by atomic mass is 19.1. The van der Waals surface area contributed by atoms with Gasteiger partial charge in [0.1, 0.15) is 12.7 Å². The molecule has 7 nitrogen and oxygen atoms in total. The number of β-amino-alcohol motifs (C(OH)–C–C–N with tert-alkyl or cyclic N) is 1. The van der Waals surface area contributed by atoms with Crippen LogP contribution in [0.4, 0.5) is 10.2 Å². The van der Waals surface area contributed by atoms with Crippen LogP contribution in [0.1, 0.15) is 64.4 Å². The third-order valence-electron chi connectivity index (χ3n) is 7.99. The summed E-state index contributed by atoms with van der Waals surface area (Å²) in [6.07, 6.45) is 4.91. The molecule has 1 atom stereocenters. The van der Waals surface area contributed by atoms with Crippen LogP contribution in [0.25, 0.3) is 0 Å². The summed E-state index contributed by atoms with van der Waals surface area (Å²) in [4.78, 5) is 20.3. The molecule has 178 valence electrons. The quantitative estimate of drug-likeness (QED) is 0.693. The lowest BCUT2D eigenvalue weighted by molar-refractivity contribution is 0.0446. The van der Waals surface area contributed by atoms with Gasteiger partial charge in [0.2, 0.25) is 0 Å². The smallest absolute Gasteiger partial charge is 0.338 e. The topological polar surface area (TPSA) is 89.7 Å². The number of hydrogen-bond donors (Lipinski definition) is 1. The minimum atomic E-state index is -0.609. The Balaban J connectivity index is 1.16. The largest absolute Gasteiger partial charge is 0.457 e. The van der Waals surface area contributed by atoms with Gasteiger partial charge in [-0.3, -0.25) is 0 Å². The Hall–Kier alpha value is -3.02. The van der Waals surface area contributed by atoms with Crippen molar-refractivity contribution in [2.24, 2.45) is 5.41 Å². The molecule has 34 heavy (non-hydrogen) atoms. The molecule has 0 aliphatic carbocycles. The van der Waals surface area contributed by atoms with Gasteiger partial charge in [-0.15, -0.1) is 0 Å². The number of hydrogen-bond acceptors (Lipinski definition) is 7. The molecule has 0 radical (unpaired) electrons. The summed E-state index contributed by atoms with van der Waals surface area (Å²) in [5.74, 6) is -0.382. The van der Waals surface area contributed by atoms with E-state index in [4.69, 9.17) is 10.00 Å². The van der Waals surface area contributed by atoms with E-state index in [2.05, 4.69) is 9.88 Å². The van der Waals surface area contributed by atoms with E-state index in [0.29, 0.717) is 17.9 Å². The van der Waals surface area contributed by atoms with Gasteiger partial charge in [0.25, 0.3) is 0 Å². The number of piperidine rings is 2. The van der Waals surface area contributed by atoms with Crippen LogP contribution in [-0.2, 0) is 11.3 Å². The second-order valence-corrected chi connectivity index (χ2v) is 9.83. The van der Waals surface area contributed by atoms with Crippen LogP contribution < -0.4 is 4.90 Å². The van der Waals surface area contributed by atoms with Crippen LogP contribution in [0, 0.1) is 29.5 Å². The van der Waals surface area contributed by atoms with E-state index in [1.165, 1.54) is 12.3 Å². The summed E-state index contributed by atoms with van der Waals surface area (Å²) in [6, 6.07) is 6.79. The normalized spacial score (nSPS) is 20.6. The second kappa shape index (κ2) is 8.97. The fraction of sp³-hybridized carbons (Fsp3) is 0.500. The average molecular weight is 465 g/mol. The predicted octanol–water partition coefficient (Wildman–Crippen LogP) is 3.49. The number of carbonyl (C=O) groups is 1. The number of aromatic nitrogens is 1. The molecule has 1 N–H and O–H groups in total. The molecule has 2 fully saturated rings. The van der Waals surface area contributed by atoms with E-state index in [1.807, 2.05) is 24.0 Å². The molecule has 1 aromatic carbocycles. The molecule has 8 heteroatoms. The minimum absolute atomic E-state index is 0.237. The van der Waals surface area contributed by atoms with Crippen molar-refractivity contribution in [3.8, 4) is 6.07 Å². The van der Waals surface area contributed by atoms with Crippen LogP contribution in [-0.4, -0.2) is 53.7 Å². The predicted molar refractivity (Wildman–Crippen MR) is 124 cm³/mol. The summed E-state index contributed by atoms with van der Waals surface area (Å²) < 4.78 is 19.5. The zero-order chi connectivity index (χ0) is 23.9. The van der Waals surface area contributed by atoms with Gasteiger partial charge in [0.05, 0.1) is 17.2 Å². The Morgan fingerprint density at radius 3 is 2.62 bits per heavy atom. The first-order chi connectivity index (χ1) is 16.4. The fourth-order valence-corrected chi connectivity index (χ4v) is 5.70. The number of esters is 1. The number of benzene rings is 1. The number of cyclic esters (lactones) is 1. The van der Waals surface area contributed by atoms with Gasteiger partial charge in [-0.05, 0) is 74.4 Å². The number of likely N-dealkylation sites (tertiary alicyclic amines) is 1. The third kappa shape index (κ3) is 4.15. The lowest BCUT2D eigenvalue weighted by atomic mass is 9.71. The first-order valence-corrected chi connectivity index (χ1v) is 11.9. The van der Waals surface area contributed by atoms with Crippen molar-refractivity contribution in [3.05, 3.63) is 58.0 Å². The number of aliphatic hydroxyl groups excluding tert-OH is 1. The van der Waals surface area contributed by atoms with Crippen molar-refractivity contribution in [1.29, 1.82) is 5.26 Å². The molecule has 0 unspecified atom stereocenters. The Morgan fingerprint density at radius 1 is 1.24 bits per heavy atom. The number of aliphatic hydroxyl groups is 1. The number of anilines is 1. The van der Waals surface area contributed by atoms with Gasteiger partial charge in [0.15, 0.2) is 11.6 Å². The van der Waals surface area contributed by atoms with Gasteiger partial charge < -0.3 is 19.6 Å². The van der Waals surface area contributed by atoms with E-state index < -0.39 is 11.9 Å². The zero-order valence-corrected chi connectivity index (χ0v) is 19.4. The number of halogens is 1. The van der Waals surface area contributed by atoms with Crippen molar-refractivity contribution < 1.29 is 19.0 Å². The highest BCUT2D eigenvalue weighted by Gasteiger charge is 2.38. The van der Waals surface area contributed by atoms with Crippen molar-refractivity contribution in [2.75, 3.05) is 37.6 Å². The van der Waals surface area contributed by atoms with Crippen molar-refractivity contribution in [1.82, 2.24) is 9.88 Å². The minimum Gasteiger partial charge on any atom is -0.457 e. The standard InChI is InChI=1S/C26H29FN4O3/c1-17-19(2-3-20-21(17)16-34-25(20)33)23(32)15-30-8-4-26(5-9-30)6-10-31(11-7-26)24-22(27)12-18(13-28)14-29-24/h2-3,12,14,23,32H,4-11,15-16H2,1H3/t23-/m0/s1. The van der Waals surface area contributed by atoms with E-state index in [-0.39, 0.29) is 23.6 Å². The number of ether oxygens (including phenoxy) is 1. The maximum Gasteiger partial charge on any atom is 0.338 e. The summed E-state index contributed by atoms with van der Waals surface area (Å²) in [7, 11) is 0. The Morgan fingerprint density at radius 2 is 1.94 bits per heavy atom. The SMILES string of the molecule is Cc1c([C@@H](O)CN2CCC3(CC2)CCN(c2ncc(C#N)cc2F)CC3)ccc2c1COC2=O. The number of rotatable bonds is 4. The molecule has 0 amide bonds. The highest BCUT2D eigenvalue weighted by Crippen LogP contribution is 2.42. The van der Waals surface area contributed by atoms with Crippen LogP contribution in [0.2, 0.25) is 0 Å². The fourth-order valence-electron chi connectivity index (χ4n) is 5.70. The first-order valence-electron chi connectivity index (χ1n) is 11.9. The molecule has 2 aromatic rings. The van der Waals surface area contributed by atoms with Crippen LogP contribution in [0.5, 0.6) is 0 Å². The van der Waals surface area contributed by atoms with Gasteiger partial charge in [-0.1, -0.05) is 6.07 Å². The molecule has 3 aliphatic rings. The van der Waals surface area contributed by atoms with Crippen LogP contribution in [0.15, 0.2) is 24.4 Å². The summed E-state index contributed by atoms with van der Waals surface area (Å²) >= 11 is 0. The maximum atomic E-state index is 14.4. The zero-order valence-electron chi connectivity index (χ0n) is 19.4. The van der Waals surface area contributed by atoms with Gasteiger partial charge in [-0.2, -0.15) is 5.26 Å². The molecule has 2 saturated heterocycles. The number of pyridine rings is 1. The Kier molecular flexibility index (Phi) is 6.00. The number of fused-ring (bicyclic) bond motifs is 1. The maximum absolute atomic E-state index is 14.4. The third-order valence-corrected chi connectivity index (χ3v) is 7.99. The number of nitriles is 1. The molecule has 4 heterocycles. The van der Waals surface area contributed by atoms with E-state index in [9.17, 15) is 14.3 Å². The molecule has 0 saturated carbocycles. The first kappa shape index (κ1) is 22.8. The number of carbonyl (C=O) groups excluding carboxylic acids is 1. The van der Waals surface area contributed by atoms with Crippen molar-refractivity contribution >= 4 is 11.8 Å². The monoisotopic (exact) mass is 464 g/mol. The molecule has 0 bridgehead atoms. The average Bonchev–Trinajstić information content (AvgIpc) is 3.23. The van der Waals surface area contributed by atoms with Crippen molar-refractivity contribution in [3.63, 3.8) is 0 Å². The molecular formula is C26H29FN4O3. The van der Waals surface area contributed by atoms with Crippen LogP contribution in [0.3, 0.4) is 0 Å². The molecule has 1 spiro atoms. The second-order valence-electron chi connectivity index (χ2n) is 9.83. The summed E-state index contributed by atoms with van der Waals surface area (Å²) in [6.45, 7) is 6.16. The molecule has 5 rings (SSSR count). The molecular weight excluding hydrogens is 435 g/mol. The Bertz CT molecular complexity index is 1140. The summed E-state index contributed by atoms with van der Waals surface area (Å²) in [5, 5.41) is 19.9. The lowest BCUT2D eigenvalue weighted by Gasteiger charge is -2.47. The number of nitrogens with zero attached hydrogens (tertiary/aromatic N) is 4. The van der Waals surface area contributed by atoms with Gasteiger partial charge in [-0.25, -0.2) is 14.2 Å². The van der Waals surface area contributed by atoms with E-state index in [1.54, 1.807) is 6.07 Å². The van der Waals surface area contributed by atoms with Crippen LogP contribution >= 0.6 is 0 Å². The summed E-state index contributed by atoms with van der Waals surface area (Å²) in [5.41, 5.74) is 3.79. The van der Waals surface area contributed by atoms with E-state index in [0.717, 1.165) is 68.6 Å². The van der Waals surface area contributed by atoms with E-state index >= 15 is 0 Å². The highest BCUT2D eigenvalue weighted by molar-refractivity contribution is 5.93. The molecule has 3 aliphatic heterocycles.